The fourth-order valence-electron chi connectivity index (χ4n) is 1.84. The van der Waals surface area contributed by atoms with Gasteiger partial charge in [-0.1, -0.05) is 35.0 Å². The van der Waals surface area contributed by atoms with Gasteiger partial charge in [-0.3, -0.25) is 4.79 Å². The molecule has 0 radical (unpaired) electrons. The Morgan fingerprint density at radius 2 is 2.29 bits per heavy atom. The fraction of sp³-hybridized carbons (Fsp3) is 0.438. The van der Waals surface area contributed by atoms with Gasteiger partial charge in [0.2, 0.25) is 0 Å². The predicted octanol–water partition coefficient (Wildman–Crippen LogP) is 3.19. The molecule has 0 fully saturated rings. The number of rotatable bonds is 9. The minimum Gasteiger partial charge on any atom is -0.483 e. The van der Waals surface area contributed by atoms with Crippen LogP contribution in [-0.4, -0.2) is 25.6 Å². The normalized spacial score (nSPS) is 11.8. The van der Waals surface area contributed by atoms with Crippen LogP contribution in [0, 0.1) is 0 Å². The van der Waals surface area contributed by atoms with E-state index in [2.05, 4.69) is 47.0 Å². The average molecular weight is 355 g/mol. The molecule has 21 heavy (non-hydrogen) atoms. The van der Waals surface area contributed by atoms with E-state index in [1.165, 1.54) is 0 Å². The van der Waals surface area contributed by atoms with E-state index in [0.29, 0.717) is 12.3 Å². The molecule has 1 unspecified atom stereocenters. The zero-order valence-electron chi connectivity index (χ0n) is 12.6. The van der Waals surface area contributed by atoms with Gasteiger partial charge in [-0.05, 0) is 32.0 Å². The van der Waals surface area contributed by atoms with E-state index < -0.39 is 0 Å². The van der Waals surface area contributed by atoms with E-state index in [4.69, 9.17) is 4.74 Å². The molecule has 2 N–H and O–H groups in total. The van der Waals surface area contributed by atoms with Crippen molar-refractivity contribution < 1.29 is 9.53 Å². The summed E-state index contributed by atoms with van der Waals surface area (Å²) in [6, 6.07) is 6.04. The molecule has 0 aliphatic heterocycles. The lowest BCUT2D eigenvalue weighted by Gasteiger charge is -2.18. The first-order chi connectivity index (χ1) is 10.1. The summed E-state index contributed by atoms with van der Waals surface area (Å²) in [4.78, 5) is 11.6. The molecule has 4 nitrogen and oxygen atoms in total. The van der Waals surface area contributed by atoms with Crippen LogP contribution in [0.15, 0.2) is 35.3 Å². The maximum Gasteiger partial charge on any atom is 0.258 e. The lowest BCUT2D eigenvalue weighted by atomic mass is 10.1. The SMILES string of the molecule is C=CCNC(=O)COc1cc(Br)ccc1C(C)NCCC. The van der Waals surface area contributed by atoms with Crippen LogP contribution < -0.4 is 15.4 Å². The molecule has 0 spiro atoms. The average Bonchev–Trinajstić information content (AvgIpc) is 2.48. The smallest absolute Gasteiger partial charge is 0.258 e. The van der Waals surface area contributed by atoms with Crippen LogP contribution in [0.3, 0.4) is 0 Å². The molecule has 1 aromatic rings. The second-order valence-electron chi connectivity index (χ2n) is 4.74. The van der Waals surface area contributed by atoms with E-state index in [1.807, 2.05) is 18.2 Å². The molecule has 5 heteroatoms. The molecule has 0 saturated heterocycles. The number of ether oxygens (including phenoxy) is 1. The molecular formula is C16H23BrN2O2. The third-order valence-electron chi connectivity index (χ3n) is 2.94. The van der Waals surface area contributed by atoms with E-state index in [-0.39, 0.29) is 18.6 Å². The lowest BCUT2D eigenvalue weighted by molar-refractivity contribution is -0.122. The molecule has 1 rings (SSSR count). The van der Waals surface area contributed by atoms with Gasteiger partial charge in [0.1, 0.15) is 5.75 Å². The highest BCUT2D eigenvalue weighted by Gasteiger charge is 2.13. The Bertz CT molecular complexity index is 477. The highest BCUT2D eigenvalue weighted by molar-refractivity contribution is 9.10. The van der Waals surface area contributed by atoms with Crippen molar-refractivity contribution in [2.75, 3.05) is 19.7 Å². The van der Waals surface area contributed by atoms with Crippen LogP contribution in [0.2, 0.25) is 0 Å². The van der Waals surface area contributed by atoms with Crippen LogP contribution in [-0.2, 0) is 4.79 Å². The van der Waals surface area contributed by atoms with E-state index in [9.17, 15) is 4.79 Å². The first kappa shape index (κ1) is 17.7. The largest absolute Gasteiger partial charge is 0.483 e. The van der Waals surface area contributed by atoms with Crippen molar-refractivity contribution in [3.63, 3.8) is 0 Å². The highest BCUT2D eigenvalue weighted by atomic mass is 79.9. The number of hydrogen-bond acceptors (Lipinski definition) is 3. The van der Waals surface area contributed by atoms with Gasteiger partial charge >= 0.3 is 0 Å². The third-order valence-corrected chi connectivity index (χ3v) is 3.44. The molecular weight excluding hydrogens is 332 g/mol. The second-order valence-corrected chi connectivity index (χ2v) is 5.66. The Balaban J connectivity index is 2.72. The quantitative estimate of drug-likeness (QED) is 0.669. The minimum absolute atomic E-state index is 0.00219. The van der Waals surface area contributed by atoms with Gasteiger partial charge in [-0.2, -0.15) is 0 Å². The molecule has 0 bridgehead atoms. The Kier molecular flexibility index (Phi) is 8.08. The summed E-state index contributed by atoms with van der Waals surface area (Å²) >= 11 is 3.43. The first-order valence-corrected chi connectivity index (χ1v) is 7.91. The van der Waals surface area contributed by atoms with Crippen molar-refractivity contribution in [1.82, 2.24) is 10.6 Å². The van der Waals surface area contributed by atoms with Crippen LogP contribution in [0.1, 0.15) is 31.9 Å². The van der Waals surface area contributed by atoms with E-state index >= 15 is 0 Å². The Labute approximate surface area is 135 Å². The van der Waals surface area contributed by atoms with Gasteiger partial charge in [0.25, 0.3) is 5.91 Å². The van der Waals surface area contributed by atoms with Gasteiger partial charge in [0, 0.05) is 22.6 Å². The molecule has 0 aliphatic carbocycles. The number of amides is 1. The van der Waals surface area contributed by atoms with E-state index in [1.54, 1.807) is 6.08 Å². The molecule has 1 aromatic carbocycles. The summed E-state index contributed by atoms with van der Waals surface area (Å²) in [7, 11) is 0. The molecule has 1 amide bonds. The van der Waals surface area contributed by atoms with Gasteiger partial charge < -0.3 is 15.4 Å². The van der Waals surface area contributed by atoms with Crippen molar-refractivity contribution in [2.24, 2.45) is 0 Å². The molecule has 116 valence electrons. The maximum absolute atomic E-state index is 11.6. The van der Waals surface area contributed by atoms with Gasteiger partial charge in [0.05, 0.1) is 0 Å². The predicted molar refractivity (Wildman–Crippen MR) is 89.6 cm³/mol. The molecule has 0 saturated carbocycles. The maximum atomic E-state index is 11.6. The van der Waals surface area contributed by atoms with E-state index in [0.717, 1.165) is 23.0 Å². The van der Waals surface area contributed by atoms with Crippen molar-refractivity contribution >= 4 is 21.8 Å². The van der Waals surface area contributed by atoms with Crippen molar-refractivity contribution in [3.05, 3.63) is 40.9 Å². The van der Waals surface area contributed by atoms with Crippen LogP contribution in [0.5, 0.6) is 5.75 Å². The molecule has 0 aliphatic rings. The summed E-state index contributed by atoms with van der Waals surface area (Å²) < 4.78 is 6.59. The van der Waals surface area contributed by atoms with Gasteiger partial charge in [-0.25, -0.2) is 0 Å². The highest BCUT2D eigenvalue weighted by Crippen LogP contribution is 2.28. The van der Waals surface area contributed by atoms with Crippen molar-refractivity contribution in [3.8, 4) is 5.75 Å². The minimum atomic E-state index is -0.157. The van der Waals surface area contributed by atoms with Crippen LogP contribution in [0.25, 0.3) is 0 Å². The van der Waals surface area contributed by atoms with Crippen molar-refractivity contribution in [2.45, 2.75) is 26.3 Å². The number of halogens is 1. The summed E-state index contributed by atoms with van der Waals surface area (Å²) in [5.41, 5.74) is 1.04. The number of hydrogen-bond donors (Lipinski definition) is 2. The Morgan fingerprint density at radius 3 is 2.95 bits per heavy atom. The summed E-state index contributed by atoms with van der Waals surface area (Å²) in [5, 5.41) is 6.11. The number of carbonyl (C=O) groups is 1. The van der Waals surface area contributed by atoms with Crippen molar-refractivity contribution in [1.29, 1.82) is 0 Å². The summed E-state index contributed by atoms with van der Waals surface area (Å²) in [6.45, 7) is 9.16. The molecule has 0 heterocycles. The second kappa shape index (κ2) is 9.58. The summed E-state index contributed by atoms with van der Waals surface area (Å²) in [5.74, 6) is 0.559. The Morgan fingerprint density at radius 1 is 1.52 bits per heavy atom. The first-order valence-electron chi connectivity index (χ1n) is 7.11. The summed E-state index contributed by atoms with van der Waals surface area (Å²) in [6.07, 6.45) is 2.71. The monoisotopic (exact) mass is 354 g/mol. The number of carbonyl (C=O) groups excluding carboxylic acids is 1. The Hall–Kier alpha value is -1.33. The topological polar surface area (TPSA) is 50.4 Å². The molecule has 0 aromatic heterocycles. The number of nitrogens with one attached hydrogen (secondary N) is 2. The fourth-order valence-corrected chi connectivity index (χ4v) is 2.18. The van der Waals surface area contributed by atoms with Gasteiger partial charge in [-0.15, -0.1) is 6.58 Å². The lowest BCUT2D eigenvalue weighted by Crippen LogP contribution is -2.29. The zero-order chi connectivity index (χ0) is 15.7. The van der Waals surface area contributed by atoms with Gasteiger partial charge in [0.15, 0.2) is 6.61 Å². The zero-order valence-corrected chi connectivity index (χ0v) is 14.2. The van der Waals surface area contributed by atoms with Crippen LogP contribution >= 0.6 is 15.9 Å². The third kappa shape index (κ3) is 6.31. The van der Waals surface area contributed by atoms with Crippen LogP contribution in [0.4, 0.5) is 0 Å². The molecule has 1 atom stereocenters. The number of benzene rings is 1. The standard InChI is InChI=1S/C16H23BrN2O2/c1-4-8-18-12(3)14-7-6-13(17)10-15(14)21-11-16(20)19-9-5-2/h5-7,10,12,18H,2,4,8-9,11H2,1,3H3,(H,19,20).